The minimum atomic E-state index is -0.531. The first-order valence-electron chi connectivity index (χ1n) is 6.92. The molecule has 0 saturated carbocycles. The van der Waals surface area contributed by atoms with E-state index >= 15 is 0 Å². The van der Waals surface area contributed by atoms with E-state index in [0.717, 1.165) is 5.56 Å². The molecule has 0 spiro atoms. The van der Waals surface area contributed by atoms with E-state index in [1.54, 1.807) is 36.4 Å². The van der Waals surface area contributed by atoms with Crippen LogP contribution in [-0.2, 0) is 6.61 Å². The van der Waals surface area contributed by atoms with Crippen molar-refractivity contribution in [3.8, 4) is 5.75 Å². The van der Waals surface area contributed by atoms with Crippen molar-refractivity contribution in [3.63, 3.8) is 0 Å². The highest BCUT2D eigenvalue weighted by atomic mass is 35.5. The van der Waals surface area contributed by atoms with Crippen molar-refractivity contribution in [2.45, 2.75) is 12.6 Å². The van der Waals surface area contributed by atoms with E-state index in [2.05, 4.69) is 15.2 Å². The maximum atomic E-state index is 12.9. The van der Waals surface area contributed by atoms with Gasteiger partial charge in [0.15, 0.2) is 11.6 Å². The minimum absolute atomic E-state index is 0.227. The second kappa shape index (κ2) is 6.76. The zero-order chi connectivity index (χ0) is 16.2. The monoisotopic (exact) mass is 332 g/mol. The first-order valence-corrected chi connectivity index (χ1v) is 7.30. The maximum absolute atomic E-state index is 12.9. The van der Waals surface area contributed by atoms with Gasteiger partial charge in [0.05, 0.1) is 6.04 Å². The molecular weight excluding hydrogens is 319 g/mol. The number of benzene rings is 2. The average Bonchev–Trinajstić information content (AvgIpc) is 3.03. The molecule has 1 heterocycles. The molecule has 0 saturated heterocycles. The fourth-order valence-corrected chi connectivity index (χ4v) is 2.14. The van der Waals surface area contributed by atoms with Gasteiger partial charge < -0.3 is 10.5 Å². The minimum Gasteiger partial charge on any atom is -0.486 e. The van der Waals surface area contributed by atoms with Crippen LogP contribution < -0.4 is 10.5 Å². The van der Waals surface area contributed by atoms with Crippen molar-refractivity contribution in [1.82, 2.24) is 15.2 Å². The molecule has 23 heavy (non-hydrogen) atoms. The molecule has 118 valence electrons. The van der Waals surface area contributed by atoms with Crippen LogP contribution in [0.15, 0.2) is 48.5 Å². The topological polar surface area (TPSA) is 76.8 Å². The molecule has 0 fully saturated rings. The molecule has 3 rings (SSSR count). The summed E-state index contributed by atoms with van der Waals surface area (Å²) in [5, 5.41) is 7.51. The number of H-pyrrole nitrogens is 1. The number of hydrogen-bond donors (Lipinski definition) is 2. The summed E-state index contributed by atoms with van der Waals surface area (Å²) in [5.74, 6) is 1.34. The Hall–Kier alpha value is -2.44. The van der Waals surface area contributed by atoms with Gasteiger partial charge in [-0.25, -0.2) is 9.37 Å². The second-order valence-corrected chi connectivity index (χ2v) is 5.35. The lowest BCUT2D eigenvalue weighted by atomic mass is 10.1. The van der Waals surface area contributed by atoms with E-state index in [4.69, 9.17) is 22.1 Å². The molecule has 3 N–H and O–H groups in total. The van der Waals surface area contributed by atoms with E-state index in [9.17, 15) is 4.39 Å². The normalized spacial score (nSPS) is 12.1. The molecule has 1 aromatic heterocycles. The highest BCUT2D eigenvalue weighted by Crippen LogP contribution is 2.18. The number of nitrogens with two attached hydrogens (primary N) is 1. The number of aromatic amines is 1. The van der Waals surface area contributed by atoms with E-state index in [0.29, 0.717) is 22.4 Å². The third-order valence-corrected chi connectivity index (χ3v) is 3.50. The first kappa shape index (κ1) is 15.5. The molecular formula is C16H14ClFN4O. The quantitative estimate of drug-likeness (QED) is 0.752. The lowest BCUT2D eigenvalue weighted by Gasteiger charge is -2.07. The molecule has 5 nitrogen and oxygen atoms in total. The van der Waals surface area contributed by atoms with Crippen LogP contribution in [0.5, 0.6) is 5.75 Å². The van der Waals surface area contributed by atoms with Crippen LogP contribution in [0, 0.1) is 5.82 Å². The molecule has 0 aliphatic rings. The Kier molecular flexibility index (Phi) is 4.55. The molecule has 0 aliphatic carbocycles. The van der Waals surface area contributed by atoms with Crippen LogP contribution in [0.25, 0.3) is 0 Å². The zero-order valence-corrected chi connectivity index (χ0v) is 12.8. The Bertz CT molecular complexity index is 774. The second-order valence-electron chi connectivity index (χ2n) is 4.91. The van der Waals surface area contributed by atoms with Crippen LogP contribution in [0.2, 0.25) is 5.02 Å². The fourth-order valence-electron chi connectivity index (χ4n) is 2.02. The smallest absolute Gasteiger partial charge is 0.172 e. The molecule has 0 amide bonds. The van der Waals surface area contributed by atoms with Gasteiger partial charge in [-0.2, -0.15) is 5.10 Å². The Labute approximate surface area is 137 Å². The largest absolute Gasteiger partial charge is 0.486 e. The molecule has 0 radical (unpaired) electrons. The van der Waals surface area contributed by atoms with Gasteiger partial charge in [0.1, 0.15) is 18.2 Å². The third-order valence-electron chi connectivity index (χ3n) is 3.25. The highest BCUT2D eigenvalue weighted by molar-refractivity contribution is 6.30. The maximum Gasteiger partial charge on any atom is 0.172 e. The lowest BCUT2D eigenvalue weighted by Crippen LogP contribution is -2.13. The molecule has 0 bridgehead atoms. The fraction of sp³-hybridized carbons (Fsp3) is 0.125. The Morgan fingerprint density at radius 3 is 2.52 bits per heavy atom. The number of ether oxygens (including phenoxy) is 1. The van der Waals surface area contributed by atoms with Gasteiger partial charge in [0.2, 0.25) is 0 Å². The van der Waals surface area contributed by atoms with Crippen LogP contribution in [-0.4, -0.2) is 15.2 Å². The number of rotatable bonds is 5. The first-order chi connectivity index (χ1) is 11.1. The molecule has 3 aromatic rings. The summed E-state index contributed by atoms with van der Waals surface area (Å²) in [6.07, 6.45) is 0. The van der Waals surface area contributed by atoms with E-state index in [1.807, 2.05) is 0 Å². The predicted molar refractivity (Wildman–Crippen MR) is 84.6 cm³/mol. The summed E-state index contributed by atoms with van der Waals surface area (Å²) >= 11 is 5.81. The summed E-state index contributed by atoms with van der Waals surface area (Å²) in [5.41, 5.74) is 6.81. The summed E-state index contributed by atoms with van der Waals surface area (Å²) < 4.78 is 18.5. The molecule has 1 unspecified atom stereocenters. The van der Waals surface area contributed by atoms with Gasteiger partial charge in [-0.1, -0.05) is 23.7 Å². The van der Waals surface area contributed by atoms with Crippen LogP contribution in [0.3, 0.4) is 0 Å². The number of nitrogens with zero attached hydrogens (tertiary/aromatic N) is 2. The number of hydrogen-bond acceptors (Lipinski definition) is 4. The Balaban J connectivity index is 1.65. The van der Waals surface area contributed by atoms with Gasteiger partial charge in [-0.3, -0.25) is 5.10 Å². The van der Waals surface area contributed by atoms with Crippen LogP contribution in [0.4, 0.5) is 4.39 Å². The van der Waals surface area contributed by atoms with E-state index < -0.39 is 6.04 Å². The van der Waals surface area contributed by atoms with Gasteiger partial charge >= 0.3 is 0 Å². The molecule has 7 heteroatoms. The lowest BCUT2D eigenvalue weighted by molar-refractivity contribution is 0.296. The summed E-state index contributed by atoms with van der Waals surface area (Å²) in [6, 6.07) is 12.4. The van der Waals surface area contributed by atoms with Crippen molar-refractivity contribution < 1.29 is 9.13 Å². The van der Waals surface area contributed by atoms with Gasteiger partial charge in [-0.15, -0.1) is 0 Å². The number of halogens is 2. The summed E-state index contributed by atoms with van der Waals surface area (Å²) in [7, 11) is 0. The van der Waals surface area contributed by atoms with Crippen molar-refractivity contribution >= 4 is 11.6 Å². The number of aromatic nitrogens is 3. The molecule has 2 aromatic carbocycles. The zero-order valence-electron chi connectivity index (χ0n) is 12.0. The SMILES string of the molecule is NC(c1ccc(F)cc1)c1n[nH]c(COc2ccc(Cl)cc2)n1. The standard InChI is InChI=1S/C16H14ClFN4O/c17-11-3-7-13(8-4-11)23-9-14-20-16(22-21-14)15(19)10-1-5-12(18)6-2-10/h1-8,15H,9,19H2,(H,20,21,22). The van der Waals surface area contributed by atoms with Gasteiger partial charge in [0, 0.05) is 5.02 Å². The van der Waals surface area contributed by atoms with Crippen molar-refractivity contribution in [2.75, 3.05) is 0 Å². The predicted octanol–water partition coefficient (Wildman–Crippen LogP) is 3.22. The molecule has 0 aliphatic heterocycles. The van der Waals surface area contributed by atoms with E-state index in [1.165, 1.54) is 12.1 Å². The van der Waals surface area contributed by atoms with Gasteiger partial charge in [0.25, 0.3) is 0 Å². The third kappa shape index (κ3) is 3.85. The van der Waals surface area contributed by atoms with E-state index in [-0.39, 0.29) is 12.4 Å². The summed E-state index contributed by atoms with van der Waals surface area (Å²) in [4.78, 5) is 4.31. The molecule has 1 atom stereocenters. The Morgan fingerprint density at radius 1 is 1.13 bits per heavy atom. The average molecular weight is 333 g/mol. The Morgan fingerprint density at radius 2 is 1.83 bits per heavy atom. The van der Waals surface area contributed by atoms with Crippen molar-refractivity contribution in [2.24, 2.45) is 5.73 Å². The van der Waals surface area contributed by atoms with Gasteiger partial charge in [-0.05, 0) is 42.0 Å². The summed E-state index contributed by atoms with van der Waals surface area (Å²) in [6.45, 7) is 0.227. The van der Waals surface area contributed by atoms with Crippen LogP contribution >= 0.6 is 11.6 Å². The van der Waals surface area contributed by atoms with Crippen LogP contribution in [0.1, 0.15) is 23.3 Å². The number of nitrogens with one attached hydrogen (secondary N) is 1. The van der Waals surface area contributed by atoms with Crippen molar-refractivity contribution in [3.05, 3.63) is 76.6 Å². The highest BCUT2D eigenvalue weighted by Gasteiger charge is 2.14. The van der Waals surface area contributed by atoms with Crippen molar-refractivity contribution in [1.29, 1.82) is 0 Å².